The van der Waals surface area contributed by atoms with Crippen LogP contribution in [0.25, 0.3) is 11.4 Å². The van der Waals surface area contributed by atoms with Crippen LogP contribution < -0.4 is 11.1 Å². The summed E-state index contributed by atoms with van der Waals surface area (Å²) in [5, 5.41) is 16.8. The van der Waals surface area contributed by atoms with Crippen molar-refractivity contribution in [2.45, 2.75) is 47.5 Å². The van der Waals surface area contributed by atoms with Crippen LogP contribution in [0.4, 0.5) is 0 Å². The zero-order valence-corrected chi connectivity index (χ0v) is 22.5. The monoisotopic (exact) mass is 508 g/mol. The summed E-state index contributed by atoms with van der Waals surface area (Å²) in [4.78, 5) is 28.1. The number of nitrogens with one attached hydrogen (secondary N) is 2. The maximum Gasteiger partial charge on any atom is 0.275 e. The maximum atomic E-state index is 14.0. The Kier molecular flexibility index (Phi) is 6.23. The number of phenols is 1. The Hall–Kier alpha value is -4.52. The quantitative estimate of drug-likeness (QED) is 0.297. The van der Waals surface area contributed by atoms with E-state index < -0.39 is 5.92 Å². The van der Waals surface area contributed by atoms with Crippen LogP contribution in [0.3, 0.4) is 0 Å². The van der Waals surface area contributed by atoms with E-state index in [0.717, 1.165) is 33.6 Å². The number of hydrogen-bond donors (Lipinski definition) is 3. The number of aryl methyl sites for hydroxylation is 6. The molecule has 38 heavy (non-hydrogen) atoms. The first-order valence-electron chi connectivity index (χ1n) is 12.6. The average molecular weight is 509 g/mol. The van der Waals surface area contributed by atoms with Crippen molar-refractivity contribution in [3.8, 4) is 17.1 Å². The van der Waals surface area contributed by atoms with E-state index in [1.54, 1.807) is 27.6 Å². The molecule has 5 rings (SSSR count). The van der Waals surface area contributed by atoms with Gasteiger partial charge in [0, 0.05) is 17.3 Å². The third kappa shape index (κ3) is 4.20. The third-order valence-corrected chi connectivity index (χ3v) is 7.20. The molecule has 2 aromatic heterocycles. The molecule has 3 N–H and O–H groups in total. The number of hydrogen-bond acceptors (Lipinski definition) is 3. The molecule has 0 aliphatic carbocycles. The molecule has 0 bridgehead atoms. The topological polar surface area (TPSA) is 95.8 Å². The molecule has 7 heteroatoms. The molecular weight excluding hydrogens is 476 g/mol. The van der Waals surface area contributed by atoms with Gasteiger partial charge < -0.3 is 5.11 Å². The van der Waals surface area contributed by atoms with Crippen LogP contribution >= 0.6 is 0 Å². The van der Waals surface area contributed by atoms with Crippen LogP contribution in [-0.2, 0) is 0 Å². The minimum Gasteiger partial charge on any atom is -0.508 e. The van der Waals surface area contributed by atoms with Crippen LogP contribution in [0.1, 0.15) is 56.2 Å². The summed E-state index contributed by atoms with van der Waals surface area (Å²) in [6.07, 6.45) is 0. The highest BCUT2D eigenvalue weighted by atomic mass is 16.3. The van der Waals surface area contributed by atoms with Crippen molar-refractivity contribution < 1.29 is 5.11 Å². The largest absolute Gasteiger partial charge is 0.508 e. The molecule has 0 saturated heterocycles. The van der Waals surface area contributed by atoms with Crippen LogP contribution in [0.15, 0.2) is 70.3 Å². The Morgan fingerprint density at radius 1 is 0.658 bits per heavy atom. The molecular formula is C31H32N4O3. The summed E-state index contributed by atoms with van der Waals surface area (Å²) in [6, 6.07) is 18.6. The molecule has 3 aromatic carbocycles. The van der Waals surface area contributed by atoms with Crippen LogP contribution in [-0.4, -0.2) is 24.7 Å². The number of H-pyrrole nitrogens is 2. The Bertz CT molecular complexity index is 1690. The minimum atomic E-state index is -0.700. The number of aromatic hydroxyl groups is 1. The SMILES string of the molecule is Cc1ccc(-n2[nH]c(C)c(C(c3cccc(O)c3)c3c(C)[nH]n(-c4ccc(C)cc4C)c3=O)c2=O)c(C)c1. The fraction of sp³-hybridized carbons (Fsp3) is 0.226. The molecule has 194 valence electrons. The molecule has 0 fully saturated rings. The summed E-state index contributed by atoms with van der Waals surface area (Å²) in [6.45, 7) is 11.7. The molecule has 0 aliphatic heterocycles. The van der Waals surface area contributed by atoms with Crippen molar-refractivity contribution in [1.82, 2.24) is 19.6 Å². The molecule has 0 spiro atoms. The second kappa shape index (κ2) is 9.41. The van der Waals surface area contributed by atoms with Crippen molar-refractivity contribution in [1.29, 1.82) is 0 Å². The number of rotatable bonds is 5. The maximum absolute atomic E-state index is 14.0. The van der Waals surface area contributed by atoms with E-state index in [1.165, 1.54) is 0 Å². The summed E-state index contributed by atoms with van der Waals surface area (Å²) in [5.74, 6) is -0.633. The lowest BCUT2D eigenvalue weighted by Gasteiger charge is -2.16. The van der Waals surface area contributed by atoms with Crippen molar-refractivity contribution >= 4 is 0 Å². The van der Waals surface area contributed by atoms with Crippen molar-refractivity contribution in [2.24, 2.45) is 0 Å². The predicted octanol–water partition coefficient (Wildman–Crippen LogP) is 5.38. The molecule has 5 aromatic rings. The highest BCUT2D eigenvalue weighted by Gasteiger charge is 2.31. The molecule has 2 heterocycles. The van der Waals surface area contributed by atoms with Gasteiger partial charge in [-0.2, -0.15) is 0 Å². The molecule has 0 saturated carbocycles. The number of nitrogens with zero attached hydrogens (tertiary/aromatic N) is 2. The zero-order chi connectivity index (χ0) is 27.3. The first-order chi connectivity index (χ1) is 18.1. The van der Waals surface area contributed by atoms with Gasteiger partial charge in [-0.1, -0.05) is 47.5 Å². The normalized spacial score (nSPS) is 11.4. The number of aromatic nitrogens is 4. The van der Waals surface area contributed by atoms with Gasteiger partial charge in [0.15, 0.2) is 0 Å². The van der Waals surface area contributed by atoms with Crippen LogP contribution in [0.2, 0.25) is 0 Å². The van der Waals surface area contributed by atoms with Crippen molar-refractivity contribution in [3.05, 3.63) is 132 Å². The van der Waals surface area contributed by atoms with Gasteiger partial charge in [-0.3, -0.25) is 19.8 Å². The number of benzene rings is 3. The van der Waals surface area contributed by atoms with E-state index in [2.05, 4.69) is 10.2 Å². The Balaban J connectivity index is 1.78. The summed E-state index contributed by atoms with van der Waals surface area (Å²) in [7, 11) is 0. The molecule has 0 radical (unpaired) electrons. The molecule has 7 nitrogen and oxygen atoms in total. The summed E-state index contributed by atoms with van der Waals surface area (Å²) < 4.78 is 3.08. The third-order valence-electron chi connectivity index (χ3n) is 7.20. The Morgan fingerprint density at radius 3 is 1.55 bits per heavy atom. The smallest absolute Gasteiger partial charge is 0.275 e. The highest BCUT2D eigenvalue weighted by Crippen LogP contribution is 2.34. The molecule has 0 atom stereocenters. The highest BCUT2D eigenvalue weighted by molar-refractivity contribution is 5.50. The van der Waals surface area contributed by atoms with E-state index in [-0.39, 0.29) is 16.9 Å². The lowest BCUT2D eigenvalue weighted by atomic mass is 9.85. The van der Waals surface area contributed by atoms with E-state index in [1.807, 2.05) is 84.0 Å². The second-order valence-electron chi connectivity index (χ2n) is 10.2. The van der Waals surface area contributed by atoms with Crippen LogP contribution in [0, 0.1) is 41.5 Å². The first-order valence-corrected chi connectivity index (χ1v) is 12.6. The van der Waals surface area contributed by atoms with Gasteiger partial charge in [-0.15, -0.1) is 0 Å². The summed E-state index contributed by atoms with van der Waals surface area (Å²) in [5.41, 5.74) is 8.06. The lowest BCUT2D eigenvalue weighted by molar-refractivity contribution is 0.474. The molecule has 0 unspecified atom stereocenters. The van der Waals surface area contributed by atoms with Gasteiger partial charge in [0.2, 0.25) is 0 Å². The van der Waals surface area contributed by atoms with E-state index in [4.69, 9.17) is 0 Å². The fourth-order valence-electron chi connectivity index (χ4n) is 5.43. The number of aromatic amines is 2. The number of phenolic OH excluding ortho intramolecular Hbond substituents is 1. The summed E-state index contributed by atoms with van der Waals surface area (Å²) >= 11 is 0. The van der Waals surface area contributed by atoms with Crippen molar-refractivity contribution in [3.63, 3.8) is 0 Å². The standard InChI is InChI=1S/C31H32N4O3/c1-17-10-12-25(19(3)14-17)34-30(37)27(21(5)32-34)29(23-8-7-9-24(36)16-23)28-22(6)33-35(31(28)38)26-13-11-18(2)15-20(26)4/h7-16,29,32-33,36H,1-6H3. The lowest BCUT2D eigenvalue weighted by Crippen LogP contribution is -2.25. The Labute approximate surface area is 221 Å². The van der Waals surface area contributed by atoms with Crippen molar-refractivity contribution in [2.75, 3.05) is 0 Å². The van der Waals surface area contributed by atoms with E-state index in [0.29, 0.717) is 28.1 Å². The average Bonchev–Trinajstić information content (AvgIpc) is 3.30. The fourth-order valence-corrected chi connectivity index (χ4v) is 5.43. The first kappa shape index (κ1) is 25.1. The van der Waals surface area contributed by atoms with Gasteiger partial charge in [0.25, 0.3) is 11.1 Å². The minimum absolute atomic E-state index is 0.0679. The Morgan fingerprint density at radius 2 is 1.13 bits per heavy atom. The van der Waals surface area contributed by atoms with Gasteiger partial charge in [-0.25, -0.2) is 9.36 Å². The van der Waals surface area contributed by atoms with E-state index >= 15 is 0 Å². The molecule has 0 amide bonds. The predicted molar refractivity (Wildman–Crippen MR) is 150 cm³/mol. The van der Waals surface area contributed by atoms with Gasteiger partial charge in [0.05, 0.1) is 22.5 Å². The molecule has 0 aliphatic rings. The van der Waals surface area contributed by atoms with Gasteiger partial charge >= 0.3 is 0 Å². The van der Waals surface area contributed by atoms with Crippen LogP contribution in [0.5, 0.6) is 5.75 Å². The van der Waals surface area contributed by atoms with Gasteiger partial charge in [0.1, 0.15) is 5.75 Å². The zero-order valence-electron chi connectivity index (χ0n) is 22.5. The van der Waals surface area contributed by atoms with Gasteiger partial charge in [-0.05, 0) is 82.5 Å². The second-order valence-corrected chi connectivity index (χ2v) is 10.2. The van der Waals surface area contributed by atoms with E-state index in [9.17, 15) is 14.7 Å².